The fourth-order valence-electron chi connectivity index (χ4n) is 4.85. The van der Waals surface area contributed by atoms with Crippen LogP contribution < -0.4 is 14.9 Å². The van der Waals surface area contributed by atoms with E-state index >= 15 is 0 Å². The molecule has 0 unspecified atom stereocenters. The standard InChI is InChI=1S/C24H27N3O5/c1-24-12-4-3-5-19(24)22(24)23(28)26-25-14-17-8-11-20(21(13-17)31-2)32-15-16-6-9-18(10-7-16)27(29)30/h6-11,13-14,19,22H,3-5,12,15H2,1-2H3,(H,26,28)/b25-14-/t19-,22-,24+/m0/s1. The van der Waals surface area contributed by atoms with E-state index in [2.05, 4.69) is 17.5 Å². The lowest BCUT2D eigenvalue weighted by Crippen LogP contribution is -2.22. The smallest absolute Gasteiger partial charge is 0.269 e. The minimum Gasteiger partial charge on any atom is -0.493 e. The predicted molar refractivity (Wildman–Crippen MR) is 120 cm³/mol. The topological polar surface area (TPSA) is 103 Å². The van der Waals surface area contributed by atoms with Crippen LogP contribution >= 0.6 is 0 Å². The molecule has 2 saturated carbocycles. The van der Waals surface area contributed by atoms with E-state index in [0.717, 1.165) is 24.0 Å². The number of fused-ring (bicyclic) bond motifs is 1. The van der Waals surface area contributed by atoms with Crippen LogP contribution in [0.3, 0.4) is 0 Å². The van der Waals surface area contributed by atoms with Crippen LogP contribution in [-0.2, 0) is 11.4 Å². The largest absolute Gasteiger partial charge is 0.493 e. The first-order chi connectivity index (χ1) is 15.4. The number of nitro groups is 1. The molecule has 4 rings (SSSR count). The lowest BCUT2D eigenvalue weighted by Gasteiger charge is -2.15. The fourth-order valence-corrected chi connectivity index (χ4v) is 4.85. The lowest BCUT2D eigenvalue weighted by molar-refractivity contribution is -0.384. The second-order valence-corrected chi connectivity index (χ2v) is 8.69. The molecule has 0 bridgehead atoms. The van der Waals surface area contributed by atoms with Crippen molar-refractivity contribution >= 4 is 17.8 Å². The van der Waals surface area contributed by atoms with Gasteiger partial charge in [0.2, 0.25) is 5.91 Å². The van der Waals surface area contributed by atoms with Crippen molar-refractivity contribution in [2.45, 2.75) is 39.2 Å². The molecule has 0 spiro atoms. The molecule has 1 N–H and O–H groups in total. The van der Waals surface area contributed by atoms with Crippen molar-refractivity contribution in [3.63, 3.8) is 0 Å². The van der Waals surface area contributed by atoms with Gasteiger partial charge in [-0.05, 0) is 65.6 Å². The van der Waals surface area contributed by atoms with Crippen molar-refractivity contribution in [1.29, 1.82) is 0 Å². The molecule has 2 fully saturated rings. The van der Waals surface area contributed by atoms with E-state index in [9.17, 15) is 14.9 Å². The third-order valence-corrected chi connectivity index (χ3v) is 6.73. The van der Waals surface area contributed by atoms with Crippen LogP contribution in [0.25, 0.3) is 0 Å². The van der Waals surface area contributed by atoms with E-state index in [0.29, 0.717) is 17.4 Å². The number of non-ortho nitro benzene ring substituents is 1. The van der Waals surface area contributed by atoms with Crippen molar-refractivity contribution < 1.29 is 19.2 Å². The number of amides is 1. The van der Waals surface area contributed by atoms with Crippen LogP contribution in [0.15, 0.2) is 47.6 Å². The molecular weight excluding hydrogens is 410 g/mol. The number of nitrogens with one attached hydrogen (secondary N) is 1. The highest BCUT2D eigenvalue weighted by Crippen LogP contribution is 2.66. The maximum absolute atomic E-state index is 12.5. The summed E-state index contributed by atoms with van der Waals surface area (Å²) in [5, 5.41) is 14.9. The minimum atomic E-state index is -0.436. The summed E-state index contributed by atoms with van der Waals surface area (Å²) >= 11 is 0. The molecule has 8 heteroatoms. The Hall–Kier alpha value is -3.42. The van der Waals surface area contributed by atoms with E-state index in [1.807, 2.05) is 6.07 Å². The van der Waals surface area contributed by atoms with Gasteiger partial charge in [0.05, 0.1) is 18.2 Å². The van der Waals surface area contributed by atoms with E-state index in [4.69, 9.17) is 9.47 Å². The molecule has 0 saturated heterocycles. The first-order valence-corrected chi connectivity index (χ1v) is 10.8. The van der Waals surface area contributed by atoms with Crippen LogP contribution in [0.4, 0.5) is 5.69 Å². The number of benzene rings is 2. The van der Waals surface area contributed by atoms with Crippen LogP contribution in [0, 0.1) is 27.4 Å². The quantitative estimate of drug-likeness (QED) is 0.373. The van der Waals surface area contributed by atoms with Gasteiger partial charge < -0.3 is 9.47 Å². The highest BCUT2D eigenvalue weighted by molar-refractivity contribution is 5.86. The van der Waals surface area contributed by atoms with Gasteiger partial charge in [-0.2, -0.15) is 5.10 Å². The van der Waals surface area contributed by atoms with Crippen molar-refractivity contribution in [3.05, 3.63) is 63.7 Å². The number of hydrogen-bond donors (Lipinski definition) is 1. The van der Waals surface area contributed by atoms with Crippen molar-refractivity contribution in [2.75, 3.05) is 7.11 Å². The Labute approximate surface area is 186 Å². The van der Waals surface area contributed by atoms with E-state index < -0.39 is 4.92 Å². The van der Waals surface area contributed by atoms with E-state index in [1.165, 1.54) is 25.0 Å². The zero-order chi connectivity index (χ0) is 22.7. The number of carbonyl (C=O) groups is 1. The monoisotopic (exact) mass is 437 g/mol. The van der Waals surface area contributed by atoms with Gasteiger partial charge in [-0.25, -0.2) is 5.43 Å². The van der Waals surface area contributed by atoms with Gasteiger partial charge in [-0.15, -0.1) is 0 Å². The van der Waals surface area contributed by atoms with Gasteiger partial charge in [0.15, 0.2) is 11.5 Å². The Morgan fingerprint density at radius 3 is 2.69 bits per heavy atom. The van der Waals surface area contributed by atoms with Gasteiger partial charge in [-0.1, -0.05) is 19.8 Å². The summed E-state index contributed by atoms with van der Waals surface area (Å²) in [6.45, 7) is 2.46. The van der Waals surface area contributed by atoms with E-state index in [-0.39, 0.29) is 29.5 Å². The number of methoxy groups -OCH3 is 1. The average molecular weight is 437 g/mol. The Kier molecular flexibility index (Phi) is 6.12. The van der Waals surface area contributed by atoms with E-state index in [1.54, 1.807) is 37.6 Å². The van der Waals surface area contributed by atoms with Gasteiger partial charge in [0.1, 0.15) is 6.61 Å². The predicted octanol–water partition coefficient (Wildman–Crippen LogP) is 4.46. The van der Waals surface area contributed by atoms with Crippen molar-refractivity contribution in [1.82, 2.24) is 5.43 Å². The fraction of sp³-hybridized carbons (Fsp3) is 0.417. The summed E-state index contributed by atoms with van der Waals surface area (Å²) in [6.07, 6.45) is 6.27. The molecule has 2 aliphatic rings. The molecular formula is C24H27N3O5. The van der Waals surface area contributed by atoms with Crippen LogP contribution in [0.5, 0.6) is 11.5 Å². The molecule has 8 nitrogen and oxygen atoms in total. The molecule has 0 radical (unpaired) electrons. The SMILES string of the molecule is COc1cc(/C=N\NC(=O)[C@@H]2[C@@H]3CCCC[C@@]23C)ccc1OCc1ccc([N+](=O)[O-])cc1. The third kappa shape index (κ3) is 4.44. The van der Waals surface area contributed by atoms with Gasteiger partial charge in [0, 0.05) is 18.1 Å². The second-order valence-electron chi connectivity index (χ2n) is 8.69. The minimum absolute atomic E-state index is 0.00525. The molecule has 168 valence electrons. The van der Waals surface area contributed by atoms with Crippen molar-refractivity contribution in [3.8, 4) is 11.5 Å². The molecule has 0 aliphatic heterocycles. The van der Waals surface area contributed by atoms with Crippen molar-refractivity contribution in [2.24, 2.45) is 22.4 Å². The number of rotatable bonds is 8. The number of hydrogen-bond acceptors (Lipinski definition) is 6. The average Bonchev–Trinajstić information content (AvgIpc) is 3.43. The van der Waals surface area contributed by atoms with Gasteiger partial charge >= 0.3 is 0 Å². The highest BCUT2D eigenvalue weighted by atomic mass is 16.6. The first kappa shape index (κ1) is 21.8. The Morgan fingerprint density at radius 1 is 1.25 bits per heavy atom. The Morgan fingerprint density at radius 2 is 2.03 bits per heavy atom. The lowest BCUT2D eigenvalue weighted by atomic mass is 9.90. The molecule has 2 aromatic rings. The van der Waals surface area contributed by atoms with Crippen LogP contribution in [0.1, 0.15) is 43.7 Å². The second kappa shape index (κ2) is 8.98. The molecule has 1 amide bonds. The molecule has 2 aliphatic carbocycles. The van der Waals surface area contributed by atoms with Gasteiger partial charge in [0.25, 0.3) is 5.69 Å². The molecule has 0 heterocycles. The zero-order valence-corrected chi connectivity index (χ0v) is 18.2. The first-order valence-electron chi connectivity index (χ1n) is 10.8. The highest BCUT2D eigenvalue weighted by Gasteiger charge is 2.64. The van der Waals surface area contributed by atoms with Crippen LogP contribution in [0.2, 0.25) is 0 Å². The maximum atomic E-state index is 12.5. The summed E-state index contributed by atoms with van der Waals surface area (Å²) in [4.78, 5) is 22.8. The van der Waals surface area contributed by atoms with Gasteiger partial charge in [-0.3, -0.25) is 14.9 Å². The number of nitrogens with zero attached hydrogens (tertiary/aromatic N) is 2. The molecule has 0 aromatic heterocycles. The number of nitro benzene ring substituents is 1. The number of carbonyl (C=O) groups excluding carboxylic acids is 1. The third-order valence-electron chi connectivity index (χ3n) is 6.73. The Bertz CT molecular complexity index is 1040. The molecule has 3 atom stereocenters. The molecule has 2 aromatic carbocycles. The summed E-state index contributed by atoms with van der Waals surface area (Å²) in [6, 6.07) is 11.6. The van der Waals surface area contributed by atoms with Crippen LogP contribution in [-0.4, -0.2) is 24.2 Å². The summed E-state index contributed by atoms with van der Waals surface area (Å²) in [7, 11) is 1.55. The number of ether oxygens (including phenoxy) is 2. The normalized spacial score (nSPS) is 23.9. The summed E-state index contributed by atoms with van der Waals surface area (Å²) in [5.74, 6) is 1.65. The Balaban J connectivity index is 1.33. The number of hydrazone groups is 1. The maximum Gasteiger partial charge on any atom is 0.269 e. The summed E-state index contributed by atoms with van der Waals surface area (Å²) in [5.41, 5.74) is 4.47. The summed E-state index contributed by atoms with van der Waals surface area (Å²) < 4.78 is 11.2. The molecule has 32 heavy (non-hydrogen) atoms. The zero-order valence-electron chi connectivity index (χ0n) is 18.2.